The first kappa shape index (κ1) is 15.5. The van der Waals surface area contributed by atoms with Crippen LogP contribution in [-0.4, -0.2) is 27.3 Å². The summed E-state index contributed by atoms with van der Waals surface area (Å²) in [4.78, 5) is 0. The number of methoxy groups -OCH3 is 2. The van der Waals surface area contributed by atoms with Crippen molar-refractivity contribution in [2.75, 3.05) is 21.3 Å². The summed E-state index contributed by atoms with van der Waals surface area (Å²) in [5.74, 6) is 0.917. The molecule has 0 bridgehead atoms. The van der Waals surface area contributed by atoms with Gasteiger partial charge in [0.1, 0.15) is 5.75 Å². The molecule has 112 valence electrons. The number of rotatable bonds is 7. The van der Waals surface area contributed by atoms with Crippen molar-refractivity contribution in [3.05, 3.63) is 65.7 Å². The highest BCUT2D eigenvalue weighted by Gasteiger charge is 2.22. The van der Waals surface area contributed by atoms with Crippen molar-refractivity contribution in [2.45, 2.75) is 18.6 Å². The molecule has 2 aromatic carbocycles. The van der Waals surface area contributed by atoms with Crippen LogP contribution in [0.15, 0.2) is 54.6 Å². The molecule has 2 unspecified atom stereocenters. The van der Waals surface area contributed by atoms with Gasteiger partial charge < -0.3 is 14.8 Å². The molecular formula is C18H23NO2. The van der Waals surface area contributed by atoms with Crippen molar-refractivity contribution in [1.82, 2.24) is 5.32 Å². The first-order valence-electron chi connectivity index (χ1n) is 7.17. The molecule has 0 spiro atoms. The average molecular weight is 285 g/mol. The van der Waals surface area contributed by atoms with Gasteiger partial charge in [-0.2, -0.15) is 0 Å². The van der Waals surface area contributed by atoms with Gasteiger partial charge in [0.25, 0.3) is 0 Å². The molecule has 2 aromatic rings. The maximum atomic E-state index is 5.73. The molecule has 3 nitrogen and oxygen atoms in total. The van der Waals surface area contributed by atoms with E-state index in [4.69, 9.17) is 9.47 Å². The summed E-state index contributed by atoms with van der Waals surface area (Å²) in [5, 5.41) is 3.37. The third kappa shape index (κ3) is 3.84. The van der Waals surface area contributed by atoms with Crippen LogP contribution >= 0.6 is 0 Å². The van der Waals surface area contributed by atoms with Crippen LogP contribution < -0.4 is 10.1 Å². The van der Waals surface area contributed by atoms with Crippen molar-refractivity contribution in [3.8, 4) is 5.75 Å². The second-order valence-electron chi connectivity index (χ2n) is 4.98. The molecule has 3 heteroatoms. The molecule has 0 saturated carbocycles. The van der Waals surface area contributed by atoms with Gasteiger partial charge in [0.05, 0.1) is 13.2 Å². The van der Waals surface area contributed by atoms with Crippen LogP contribution in [0.5, 0.6) is 5.75 Å². The second-order valence-corrected chi connectivity index (χ2v) is 4.98. The number of benzene rings is 2. The zero-order valence-corrected chi connectivity index (χ0v) is 12.9. The molecule has 2 atom stereocenters. The summed E-state index contributed by atoms with van der Waals surface area (Å²) in [7, 11) is 5.43. The van der Waals surface area contributed by atoms with Crippen LogP contribution in [0, 0.1) is 0 Å². The number of likely N-dealkylation sites (N-methyl/N-ethyl adjacent to an activating group) is 1. The van der Waals surface area contributed by atoms with Crippen LogP contribution in [0.4, 0.5) is 0 Å². The Morgan fingerprint density at radius 2 is 1.62 bits per heavy atom. The van der Waals surface area contributed by atoms with Gasteiger partial charge in [0.2, 0.25) is 0 Å². The monoisotopic (exact) mass is 285 g/mol. The Bertz CT molecular complexity index is 542. The number of ether oxygens (including phenoxy) is 2. The SMILES string of the molecule is CNC(Cc1ccccc1OC)C(OC)c1ccccc1. The Kier molecular flexibility index (Phi) is 5.78. The minimum absolute atomic E-state index is 0.00103. The quantitative estimate of drug-likeness (QED) is 0.847. The molecule has 0 aliphatic rings. The minimum atomic E-state index is 0.00103. The van der Waals surface area contributed by atoms with E-state index in [9.17, 15) is 0 Å². The molecule has 0 aromatic heterocycles. The van der Waals surface area contributed by atoms with Gasteiger partial charge in [-0.3, -0.25) is 0 Å². The Labute approximate surface area is 126 Å². The second kappa shape index (κ2) is 7.81. The summed E-state index contributed by atoms with van der Waals surface area (Å²) >= 11 is 0. The molecule has 0 aliphatic carbocycles. The van der Waals surface area contributed by atoms with E-state index in [1.165, 1.54) is 11.1 Å². The fraction of sp³-hybridized carbons (Fsp3) is 0.333. The van der Waals surface area contributed by atoms with Gasteiger partial charge in [-0.1, -0.05) is 48.5 Å². The van der Waals surface area contributed by atoms with Gasteiger partial charge >= 0.3 is 0 Å². The van der Waals surface area contributed by atoms with Crippen molar-refractivity contribution in [3.63, 3.8) is 0 Å². The summed E-state index contributed by atoms with van der Waals surface area (Å²) in [5.41, 5.74) is 2.35. The van der Waals surface area contributed by atoms with E-state index in [1.54, 1.807) is 14.2 Å². The summed E-state index contributed by atoms with van der Waals surface area (Å²) in [6, 6.07) is 18.6. The lowest BCUT2D eigenvalue weighted by Crippen LogP contribution is -2.35. The highest BCUT2D eigenvalue weighted by atomic mass is 16.5. The van der Waals surface area contributed by atoms with Gasteiger partial charge in [-0.25, -0.2) is 0 Å². The predicted octanol–water partition coefficient (Wildman–Crippen LogP) is 3.21. The topological polar surface area (TPSA) is 30.5 Å². The summed E-state index contributed by atoms with van der Waals surface area (Å²) in [6.45, 7) is 0. The highest BCUT2D eigenvalue weighted by molar-refractivity contribution is 5.34. The number of hydrogen-bond acceptors (Lipinski definition) is 3. The molecule has 0 heterocycles. The Balaban J connectivity index is 2.22. The third-order valence-corrected chi connectivity index (χ3v) is 3.75. The van der Waals surface area contributed by atoms with Crippen molar-refractivity contribution >= 4 is 0 Å². The van der Waals surface area contributed by atoms with Gasteiger partial charge in [-0.15, -0.1) is 0 Å². The molecule has 21 heavy (non-hydrogen) atoms. The molecule has 0 aliphatic heterocycles. The van der Waals surface area contributed by atoms with E-state index < -0.39 is 0 Å². The van der Waals surface area contributed by atoms with Crippen LogP contribution in [0.3, 0.4) is 0 Å². The smallest absolute Gasteiger partial charge is 0.122 e. The van der Waals surface area contributed by atoms with Crippen LogP contribution in [-0.2, 0) is 11.2 Å². The van der Waals surface area contributed by atoms with E-state index in [0.717, 1.165) is 12.2 Å². The summed E-state index contributed by atoms with van der Waals surface area (Å²) < 4.78 is 11.2. The Hall–Kier alpha value is -1.84. The zero-order chi connectivity index (χ0) is 15.1. The number of hydrogen-bond donors (Lipinski definition) is 1. The van der Waals surface area contributed by atoms with Gasteiger partial charge in [0, 0.05) is 13.2 Å². The molecule has 0 fully saturated rings. The first-order valence-corrected chi connectivity index (χ1v) is 7.17. The van der Waals surface area contributed by atoms with Crippen molar-refractivity contribution < 1.29 is 9.47 Å². The number of nitrogens with one attached hydrogen (secondary N) is 1. The van der Waals surface area contributed by atoms with Crippen molar-refractivity contribution in [1.29, 1.82) is 0 Å². The maximum absolute atomic E-state index is 5.73. The normalized spacial score (nSPS) is 13.7. The Morgan fingerprint density at radius 1 is 0.952 bits per heavy atom. The molecule has 1 N–H and O–H groups in total. The van der Waals surface area contributed by atoms with Crippen molar-refractivity contribution in [2.24, 2.45) is 0 Å². The van der Waals surface area contributed by atoms with E-state index in [1.807, 2.05) is 43.4 Å². The lowest BCUT2D eigenvalue weighted by molar-refractivity contribution is 0.0702. The largest absolute Gasteiger partial charge is 0.496 e. The lowest BCUT2D eigenvalue weighted by atomic mass is 9.95. The highest BCUT2D eigenvalue weighted by Crippen LogP contribution is 2.26. The first-order chi connectivity index (χ1) is 10.3. The summed E-state index contributed by atoms with van der Waals surface area (Å²) in [6.07, 6.45) is 0.842. The minimum Gasteiger partial charge on any atom is -0.496 e. The zero-order valence-electron chi connectivity index (χ0n) is 12.9. The third-order valence-electron chi connectivity index (χ3n) is 3.75. The van der Waals surface area contributed by atoms with E-state index in [0.29, 0.717) is 0 Å². The maximum Gasteiger partial charge on any atom is 0.122 e. The number of para-hydroxylation sites is 1. The molecule has 0 amide bonds. The van der Waals surface area contributed by atoms with Crippen LogP contribution in [0.2, 0.25) is 0 Å². The van der Waals surface area contributed by atoms with Crippen LogP contribution in [0.25, 0.3) is 0 Å². The fourth-order valence-corrected chi connectivity index (χ4v) is 2.64. The standard InChI is InChI=1S/C18H23NO2/c1-19-16(13-15-11-7-8-12-17(15)20-2)18(21-3)14-9-5-4-6-10-14/h4-12,16,18-19H,13H2,1-3H3. The Morgan fingerprint density at radius 3 is 2.24 bits per heavy atom. The fourth-order valence-electron chi connectivity index (χ4n) is 2.64. The van der Waals surface area contributed by atoms with E-state index >= 15 is 0 Å². The molecule has 0 radical (unpaired) electrons. The lowest BCUT2D eigenvalue weighted by Gasteiger charge is -2.26. The average Bonchev–Trinajstić information content (AvgIpc) is 2.56. The van der Waals surface area contributed by atoms with Crippen LogP contribution in [0.1, 0.15) is 17.2 Å². The predicted molar refractivity (Wildman–Crippen MR) is 85.7 cm³/mol. The van der Waals surface area contributed by atoms with E-state index in [-0.39, 0.29) is 12.1 Å². The molecule has 2 rings (SSSR count). The van der Waals surface area contributed by atoms with Gasteiger partial charge in [0.15, 0.2) is 0 Å². The molecular weight excluding hydrogens is 262 g/mol. The molecule has 0 saturated heterocycles. The van der Waals surface area contributed by atoms with Gasteiger partial charge in [-0.05, 0) is 30.7 Å². The van der Waals surface area contributed by atoms with E-state index in [2.05, 4.69) is 23.5 Å².